The number of hydrogen-bond acceptors (Lipinski definition) is 3. The number of carboxylic acids is 1. The summed E-state index contributed by atoms with van der Waals surface area (Å²) in [5, 5.41) is 9.06. The zero-order valence-electron chi connectivity index (χ0n) is 14.2. The number of amides is 1. The molecule has 1 amide bonds. The predicted octanol–water partition coefficient (Wildman–Crippen LogP) is 2.50. The molecule has 0 saturated carbocycles. The lowest BCUT2D eigenvalue weighted by Gasteiger charge is -2.20. The number of H-pyrrole nitrogens is 1. The minimum atomic E-state index is -1.03. The van der Waals surface area contributed by atoms with E-state index >= 15 is 0 Å². The maximum atomic E-state index is 12.5. The van der Waals surface area contributed by atoms with Crippen molar-refractivity contribution in [3.8, 4) is 0 Å². The van der Waals surface area contributed by atoms with Gasteiger partial charge in [0, 0.05) is 0 Å². The molecule has 2 rings (SSSR count). The lowest BCUT2D eigenvalue weighted by Crippen LogP contribution is -2.36. The van der Waals surface area contributed by atoms with Gasteiger partial charge in [-0.25, -0.2) is 4.98 Å². The molecule has 1 aromatic heterocycles. The van der Waals surface area contributed by atoms with Crippen molar-refractivity contribution in [2.75, 3.05) is 6.54 Å². The van der Waals surface area contributed by atoms with E-state index < -0.39 is 5.97 Å². The number of carbonyl (C=O) groups excluding carboxylic acids is 1. The third-order valence-corrected chi connectivity index (χ3v) is 3.80. The Bertz CT molecular complexity index is 705. The molecule has 0 aliphatic heterocycles. The summed E-state index contributed by atoms with van der Waals surface area (Å²) in [4.78, 5) is 32.0. The third-order valence-electron chi connectivity index (χ3n) is 3.80. The molecule has 6 nitrogen and oxygen atoms in total. The van der Waals surface area contributed by atoms with Gasteiger partial charge in [-0.1, -0.05) is 38.1 Å². The number of rotatable bonds is 7. The van der Waals surface area contributed by atoms with Crippen LogP contribution in [0.25, 0.3) is 0 Å². The molecule has 0 aliphatic carbocycles. The zero-order chi connectivity index (χ0) is 17.7. The molecule has 1 aromatic carbocycles. The number of aromatic nitrogens is 2. The van der Waals surface area contributed by atoms with Gasteiger partial charge in [0.15, 0.2) is 0 Å². The topological polar surface area (TPSA) is 86.3 Å². The van der Waals surface area contributed by atoms with Crippen LogP contribution in [-0.2, 0) is 22.6 Å². The lowest BCUT2D eigenvalue weighted by atomic mass is 10.0. The fraction of sp³-hybridized carbons (Fsp3) is 0.389. The van der Waals surface area contributed by atoms with Gasteiger partial charge in [-0.3, -0.25) is 9.59 Å². The molecule has 0 spiro atoms. The van der Waals surface area contributed by atoms with Crippen LogP contribution < -0.4 is 0 Å². The number of carboxylic acid groups (broad SMARTS) is 1. The van der Waals surface area contributed by atoms with Gasteiger partial charge in [-0.05, 0) is 24.0 Å². The zero-order valence-corrected chi connectivity index (χ0v) is 14.2. The Kier molecular flexibility index (Phi) is 5.73. The van der Waals surface area contributed by atoms with Crippen molar-refractivity contribution < 1.29 is 14.7 Å². The van der Waals surface area contributed by atoms with E-state index in [4.69, 9.17) is 5.11 Å². The summed E-state index contributed by atoms with van der Waals surface area (Å²) in [5.41, 5.74) is 2.80. The van der Waals surface area contributed by atoms with E-state index in [-0.39, 0.29) is 25.4 Å². The fourth-order valence-electron chi connectivity index (χ4n) is 2.46. The Morgan fingerprint density at radius 3 is 2.42 bits per heavy atom. The van der Waals surface area contributed by atoms with E-state index in [0.29, 0.717) is 5.92 Å². The van der Waals surface area contributed by atoms with Gasteiger partial charge in [0.05, 0.1) is 24.9 Å². The van der Waals surface area contributed by atoms with Crippen LogP contribution in [0, 0.1) is 6.92 Å². The fourth-order valence-corrected chi connectivity index (χ4v) is 2.46. The van der Waals surface area contributed by atoms with E-state index in [2.05, 4.69) is 23.8 Å². The first-order valence-corrected chi connectivity index (χ1v) is 7.94. The molecule has 1 heterocycles. The van der Waals surface area contributed by atoms with Crippen LogP contribution in [0.3, 0.4) is 0 Å². The predicted molar refractivity (Wildman–Crippen MR) is 90.6 cm³/mol. The molecular weight excluding hydrogens is 306 g/mol. The van der Waals surface area contributed by atoms with Crippen LogP contribution >= 0.6 is 0 Å². The quantitative estimate of drug-likeness (QED) is 0.817. The van der Waals surface area contributed by atoms with Gasteiger partial charge in [0.25, 0.3) is 0 Å². The summed E-state index contributed by atoms with van der Waals surface area (Å²) in [6.07, 6.45) is 1.80. The Labute approximate surface area is 141 Å². The normalized spacial score (nSPS) is 10.8. The molecule has 6 heteroatoms. The van der Waals surface area contributed by atoms with Crippen LogP contribution in [0.15, 0.2) is 30.5 Å². The molecule has 0 bridgehead atoms. The highest BCUT2D eigenvalue weighted by molar-refractivity contribution is 5.83. The maximum absolute atomic E-state index is 12.5. The van der Waals surface area contributed by atoms with Crippen LogP contribution in [0.5, 0.6) is 0 Å². The molecule has 0 fully saturated rings. The van der Waals surface area contributed by atoms with E-state index in [1.54, 1.807) is 6.20 Å². The monoisotopic (exact) mass is 329 g/mol. The standard InChI is InChI=1S/C18H23N3O3/c1-12(2)15-6-4-14(5-7-15)8-17(22)21(11-18(23)24)10-16-9-19-13(3)20-16/h4-7,9,12H,8,10-11H2,1-3H3,(H,19,20)(H,23,24). The summed E-state index contributed by atoms with van der Waals surface area (Å²) in [7, 11) is 0. The van der Waals surface area contributed by atoms with Crippen molar-refractivity contribution in [3.05, 3.63) is 53.1 Å². The average Bonchev–Trinajstić information content (AvgIpc) is 2.92. The number of nitrogens with one attached hydrogen (secondary N) is 1. The molecule has 0 unspecified atom stereocenters. The van der Waals surface area contributed by atoms with Crippen molar-refractivity contribution in [2.45, 2.75) is 39.7 Å². The molecular formula is C18H23N3O3. The molecule has 0 saturated heterocycles. The van der Waals surface area contributed by atoms with E-state index in [1.165, 1.54) is 10.5 Å². The molecule has 2 aromatic rings. The number of aromatic amines is 1. The van der Waals surface area contributed by atoms with Gasteiger partial charge in [0.2, 0.25) is 5.91 Å². The van der Waals surface area contributed by atoms with Crippen LogP contribution in [0.1, 0.15) is 42.4 Å². The van der Waals surface area contributed by atoms with E-state index in [0.717, 1.165) is 17.1 Å². The number of aliphatic carboxylic acids is 1. The van der Waals surface area contributed by atoms with Gasteiger partial charge in [-0.2, -0.15) is 0 Å². The maximum Gasteiger partial charge on any atom is 0.323 e. The summed E-state index contributed by atoms with van der Waals surface area (Å²) in [6, 6.07) is 7.86. The molecule has 128 valence electrons. The smallest absolute Gasteiger partial charge is 0.323 e. The molecule has 0 radical (unpaired) electrons. The number of carbonyl (C=O) groups is 2. The summed E-state index contributed by atoms with van der Waals surface area (Å²) >= 11 is 0. The summed E-state index contributed by atoms with van der Waals surface area (Å²) in [6.45, 7) is 5.91. The highest BCUT2D eigenvalue weighted by Gasteiger charge is 2.18. The van der Waals surface area contributed by atoms with Gasteiger partial charge in [0.1, 0.15) is 12.4 Å². The van der Waals surface area contributed by atoms with E-state index in [1.807, 2.05) is 31.2 Å². The van der Waals surface area contributed by atoms with Gasteiger partial charge < -0.3 is 15.0 Å². The SMILES string of the molecule is Cc1ncc(CN(CC(=O)O)C(=O)Cc2ccc(C(C)C)cc2)[nH]1. The second-order valence-corrected chi connectivity index (χ2v) is 6.21. The van der Waals surface area contributed by atoms with Crippen LogP contribution in [0.2, 0.25) is 0 Å². The van der Waals surface area contributed by atoms with Crippen molar-refractivity contribution >= 4 is 11.9 Å². The van der Waals surface area contributed by atoms with Gasteiger partial charge >= 0.3 is 5.97 Å². The number of nitrogens with zero attached hydrogens (tertiary/aromatic N) is 2. The van der Waals surface area contributed by atoms with Crippen molar-refractivity contribution in [2.24, 2.45) is 0 Å². The van der Waals surface area contributed by atoms with E-state index in [9.17, 15) is 9.59 Å². The second-order valence-electron chi connectivity index (χ2n) is 6.21. The molecule has 0 atom stereocenters. The third kappa shape index (κ3) is 4.94. The highest BCUT2D eigenvalue weighted by atomic mass is 16.4. The van der Waals surface area contributed by atoms with Crippen molar-refractivity contribution in [1.82, 2.24) is 14.9 Å². The minimum absolute atomic E-state index is 0.179. The largest absolute Gasteiger partial charge is 0.480 e. The van der Waals surface area contributed by atoms with Crippen molar-refractivity contribution in [3.63, 3.8) is 0 Å². The molecule has 2 N–H and O–H groups in total. The number of imidazole rings is 1. The van der Waals surface area contributed by atoms with Crippen LogP contribution in [-0.4, -0.2) is 38.4 Å². The average molecular weight is 329 g/mol. The minimum Gasteiger partial charge on any atom is -0.480 e. The van der Waals surface area contributed by atoms with Crippen molar-refractivity contribution in [1.29, 1.82) is 0 Å². The number of benzene rings is 1. The first-order valence-electron chi connectivity index (χ1n) is 7.94. The highest BCUT2D eigenvalue weighted by Crippen LogP contribution is 2.15. The second kappa shape index (κ2) is 7.77. The Balaban J connectivity index is 2.07. The Hall–Kier alpha value is -2.63. The Morgan fingerprint density at radius 1 is 1.25 bits per heavy atom. The summed E-state index contributed by atoms with van der Waals surface area (Å²) < 4.78 is 0. The van der Waals surface area contributed by atoms with Crippen LogP contribution in [0.4, 0.5) is 0 Å². The lowest BCUT2D eigenvalue weighted by molar-refractivity contribution is -0.144. The molecule has 24 heavy (non-hydrogen) atoms. The van der Waals surface area contributed by atoms with Gasteiger partial charge in [-0.15, -0.1) is 0 Å². The number of aryl methyl sites for hydroxylation is 1. The molecule has 0 aliphatic rings. The first-order chi connectivity index (χ1) is 11.3. The Morgan fingerprint density at radius 2 is 1.92 bits per heavy atom. The summed E-state index contributed by atoms with van der Waals surface area (Å²) in [5.74, 6) is -0.0874. The first kappa shape index (κ1) is 17.7. The number of hydrogen-bond donors (Lipinski definition) is 2.